The molecule has 0 aliphatic rings. The highest BCUT2D eigenvalue weighted by molar-refractivity contribution is 5.06. The molecule has 1 heterocycles. The largest absolute Gasteiger partial charge is 0.365 e. The van der Waals surface area contributed by atoms with Gasteiger partial charge >= 0.3 is 6.55 Å². The number of anilines is 1. The molecule has 0 saturated heterocycles. The summed E-state index contributed by atoms with van der Waals surface area (Å²) >= 11 is 0. The Kier molecular flexibility index (Phi) is 1.25. The number of tetrazole rings is 1. The Balaban J connectivity index is 2.85. The zero-order valence-electron chi connectivity index (χ0n) is 4.20. The van der Waals surface area contributed by atoms with E-state index < -0.39 is 6.55 Å². The van der Waals surface area contributed by atoms with Gasteiger partial charge in [-0.2, -0.15) is 8.78 Å². The topological polar surface area (TPSA) is 69.6 Å². The van der Waals surface area contributed by atoms with Crippen molar-refractivity contribution in [2.24, 2.45) is 0 Å². The highest BCUT2D eigenvalue weighted by Crippen LogP contribution is 2.03. The molecule has 5 nitrogen and oxygen atoms in total. The second-order valence-corrected chi connectivity index (χ2v) is 1.25. The lowest BCUT2D eigenvalue weighted by Gasteiger charge is -1.89. The fraction of sp³-hybridized carbons (Fsp3) is 0.500. The summed E-state index contributed by atoms with van der Waals surface area (Å²) in [6.45, 7) is -2.77. The van der Waals surface area contributed by atoms with Crippen LogP contribution in [0.1, 0.15) is 6.55 Å². The molecule has 0 atom stereocenters. The number of hydrogen-bond donors (Lipinski definition) is 1. The molecule has 0 bridgehead atoms. The van der Waals surface area contributed by atoms with Gasteiger partial charge in [0.15, 0.2) is 0 Å². The lowest BCUT2D eigenvalue weighted by Crippen LogP contribution is -2.02. The maximum absolute atomic E-state index is 11.5. The fourth-order valence-corrected chi connectivity index (χ4v) is 0.319. The Hall–Kier alpha value is -1.27. The highest BCUT2D eigenvalue weighted by atomic mass is 19.3. The van der Waals surface area contributed by atoms with E-state index in [1.807, 2.05) is 0 Å². The Morgan fingerprint density at radius 3 is 2.44 bits per heavy atom. The summed E-state index contributed by atoms with van der Waals surface area (Å²) in [5.74, 6) is -0.254. The van der Waals surface area contributed by atoms with Gasteiger partial charge in [-0.3, -0.25) is 0 Å². The van der Waals surface area contributed by atoms with Crippen LogP contribution in [0.4, 0.5) is 14.7 Å². The lowest BCUT2D eigenvalue weighted by molar-refractivity contribution is 0.0398. The molecule has 50 valence electrons. The van der Waals surface area contributed by atoms with Crippen molar-refractivity contribution in [1.82, 2.24) is 20.2 Å². The van der Waals surface area contributed by atoms with E-state index in [1.165, 1.54) is 0 Å². The Labute approximate surface area is 48.5 Å². The molecule has 9 heavy (non-hydrogen) atoms. The minimum Gasteiger partial charge on any atom is -0.365 e. The molecule has 2 N–H and O–H groups in total. The summed E-state index contributed by atoms with van der Waals surface area (Å²) in [5.41, 5.74) is 4.88. The van der Waals surface area contributed by atoms with E-state index in [9.17, 15) is 8.78 Å². The van der Waals surface area contributed by atoms with E-state index in [0.29, 0.717) is 0 Å². The number of nitrogen functional groups attached to an aromatic ring is 1. The number of alkyl halides is 2. The predicted octanol–water partition coefficient (Wildman–Crippen LogP) is -0.350. The van der Waals surface area contributed by atoms with Crippen molar-refractivity contribution in [3.63, 3.8) is 0 Å². The standard InChI is InChI=1S/C2H3F2N5/c3-1(4)9-7-2(5)6-8-9/h1H,(H2,5,7). The van der Waals surface area contributed by atoms with E-state index in [-0.39, 0.29) is 10.7 Å². The first-order chi connectivity index (χ1) is 4.20. The summed E-state index contributed by atoms with van der Waals surface area (Å²) < 4.78 is 23.0. The molecular formula is C2H3F2N5. The molecule has 0 aliphatic heterocycles. The SMILES string of the molecule is Nc1nnn(C(F)F)n1. The average molecular weight is 135 g/mol. The van der Waals surface area contributed by atoms with Crippen LogP contribution < -0.4 is 5.73 Å². The number of nitrogens with two attached hydrogens (primary N) is 1. The third-order valence-electron chi connectivity index (χ3n) is 0.618. The van der Waals surface area contributed by atoms with Crippen LogP contribution in [-0.4, -0.2) is 20.2 Å². The highest BCUT2D eigenvalue weighted by Gasteiger charge is 2.07. The van der Waals surface area contributed by atoms with Crippen LogP contribution in [0.3, 0.4) is 0 Å². The molecule has 0 aromatic carbocycles. The first-order valence-corrected chi connectivity index (χ1v) is 2.03. The molecule has 0 aliphatic carbocycles. The van der Waals surface area contributed by atoms with E-state index in [4.69, 9.17) is 5.73 Å². The van der Waals surface area contributed by atoms with Gasteiger partial charge in [0.1, 0.15) is 0 Å². The van der Waals surface area contributed by atoms with Gasteiger partial charge in [0.05, 0.1) is 0 Å². The zero-order chi connectivity index (χ0) is 6.85. The molecule has 1 rings (SSSR count). The molecule has 0 spiro atoms. The summed E-state index contributed by atoms with van der Waals surface area (Å²) in [5, 5.41) is 8.97. The third-order valence-corrected chi connectivity index (χ3v) is 0.618. The molecule has 0 amide bonds. The predicted molar refractivity (Wildman–Crippen MR) is 23.5 cm³/mol. The van der Waals surface area contributed by atoms with Gasteiger partial charge in [0.25, 0.3) is 5.95 Å². The molecule has 0 radical (unpaired) electrons. The van der Waals surface area contributed by atoms with Gasteiger partial charge in [0, 0.05) is 0 Å². The Bertz CT molecular complexity index is 195. The molecule has 1 aromatic rings. The zero-order valence-corrected chi connectivity index (χ0v) is 4.20. The van der Waals surface area contributed by atoms with Crippen molar-refractivity contribution in [2.45, 2.75) is 6.55 Å². The van der Waals surface area contributed by atoms with Crippen molar-refractivity contribution in [1.29, 1.82) is 0 Å². The lowest BCUT2D eigenvalue weighted by atomic mass is 11.1. The molecule has 0 saturated carbocycles. The van der Waals surface area contributed by atoms with Gasteiger partial charge in [0.2, 0.25) is 0 Å². The van der Waals surface area contributed by atoms with Crippen LogP contribution in [0.25, 0.3) is 0 Å². The third kappa shape index (κ3) is 1.09. The first kappa shape index (κ1) is 5.86. The quantitative estimate of drug-likeness (QED) is 0.571. The first-order valence-electron chi connectivity index (χ1n) is 2.03. The van der Waals surface area contributed by atoms with Crippen LogP contribution >= 0.6 is 0 Å². The van der Waals surface area contributed by atoms with E-state index in [0.717, 1.165) is 0 Å². The molecule has 0 unspecified atom stereocenters. The molecule has 0 fully saturated rings. The Morgan fingerprint density at radius 1 is 1.56 bits per heavy atom. The fourth-order valence-electron chi connectivity index (χ4n) is 0.319. The van der Waals surface area contributed by atoms with Crippen molar-refractivity contribution in [3.8, 4) is 0 Å². The van der Waals surface area contributed by atoms with Gasteiger partial charge in [-0.15, -0.1) is 5.10 Å². The average Bonchev–Trinajstić information content (AvgIpc) is 2.14. The minimum atomic E-state index is -2.77. The maximum atomic E-state index is 11.5. The molecular weight excluding hydrogens is 132 g/mol. The van der Waals surface area contributed by atoms with Crippen molar-refractivity contribution in [2.75, 3.05) is 5.73 Å². The normalized spacial score (nSPS) is 10.6. The van der Waals surface area contributed by atoms with Crippen LogP contribution in [0.5, 0.6) is 0 Å². The maximum Gasteiger partial charge on any atom is 0.350 e. The number of rotatable bonds is 1. The monoisotopic (exact) mass is 135 g/mol. The second kappa shape index (κ2) is 1.92. The van der Waals surface area contributed by atoms with Gasteiger partial charge in [-0.25, -0.2) is 0 Å². The minimum absolute atomic E-state index is 0.134. The van der Waals surface area contributed by atoms with Crippen molar-refractivity contribution in [3.05, 3.63) is 0 Å². The van der Waals surface area contributed by atoms with Crippen LogP contribution in [0.2, 0.25) is 0 Å². The van der Waals surface area contributed by atoms with E-state index in [2.05, 4.69) is 15.4 Å². The van der Waals surface area contributed by atoms with Gasteiger partial charge < -0.3 is 5.73 Å². The van der Waals surface area contributed by atoms with Crippen molar-refractivity contribution >= 4 is 5.95 Å². The van der Waals surface area contributed by atoms with Crippen LogP contribution in [0, 0.1) is 0 Å². The Morgan fingerprint density at radius 2 is 2.22 bits per heavy atom. The van der Waals surface area contributed by atoms with Crippen LogP contribution in [0.15, 0.2) is 0 Å². The van der Waals surface area contributed by atoms with Gasteiger partial charge in [-0.1, -0.05) is 9.90 Å². The number of hydrogen-bond acceptors (Lipinski definition) is 4. The van der Waals surface area contributed by atoms with E-state index >= 15 is 0 Å². The summed E-state index contributed by atoms with van der Waals surface area (Å²) in [4.78, 5) is 0.134. The number of aromatic nitrogens is 4. The summed E-state index contributed by atoms with van der Waals surface area (Å²) in [6.07, 6.45) is 0. The number of nitrogens with zero attached hydrogens (tertiary/aromatic N) is 4. The smallest absolute Gasteiger partial charge is 0.350 e. The summed E-state index contributed by atoms with van der Waals surface area (Å²) in [7, 11) is 0. The molecule has 7 heteroatoms. The van der Waals surface area contributed by atoms with Crippen molar-refractivity contribution < 1.29 is 8.78 Å². The van der Waals surface area contributed by atoms with Crippen LogP contribution in [-0.2, 0) is 0 Å². The second-order valence-electron chi connectivity index (χ2n) is 1.25. The number of halogens is 2. The molecule has 1 aromatic heterocycles. The van der Waals surface area contributed by atoms with Gasteiger partial charge in [-0.05, 0) is 5.21 Å². The summed E-state index contributed by atoms with van der Waals surface area (Å²) in [6, 6.07) is 0. The van der Waals surface area contributed by atoms with E-state index in [1.54, 1.807) is 0 Å².